The van der Waals surface area contributed by atoms with E-state index in [0.717, 1.165) is 39.0 Å². The largest absolute Gasteiger partial charge is 0.488 e. The minimum atomic E-state index is -0.800. The maximum absolute atomic E-state index is 12.6. The van der Waals surface area contributed by atoms with E-state index in [1.165, 1.54) is 7.11 Å². The minimum Gasteiger partial charge on any atom is -0.488 e. The first-order chi connectivity index (χ1) is 24.7. The zero-order valence-electron chi connectivity index (χ0n) is 30.4. The molecule has 5 aromatic carbocycles. The maximum Gasteiger partial charge on any atom is 0.414 e. The number of nitrogens with one attached hydrogen (secondary N) is 2. The van der Waals surface area contributed by atoms with Gasteiger partial charge in [0.2, 0.25) is 5.96 Å². The van der Waals surface area contributed by atoms with Crippen molar-refractivity contribution in [2.45, 2.75) is 59.4 Å². The van der Waals surface area contributed by atoms with Gasteiger partial charge in [-0.25, -0.2) is 14.6 Å². The summed E-state index contributed by atoms with van der Waals surface area (Å²) < 4.78 is 28.7. The van der Waals surface area contributed by atoms with E-state index in [-0.39, 0.29) is 19.4 Å². The predicted molar refractivity (Wildman–Crippen MR) is 201 cm³/mol. The SMILES string of the molecule is COCOc1c(C=O)cc2ccccc2c1-c1c(OCc2cccc(N=C(NC(=O)OC(C)(C)C)NC(=O)OC(C)(C)C)c2)ccc2ccccc12. The van der Waals surface area contributed by atoms with E-state index in [4.69, 9.17) is 23.7 Å². The predicted octanol–water partition coefficient (Wildman–Crippen LogP) is 9.07. The Morgan fingerprint density at radius 2 is 1.33 bits per heavy atom. The van der Waals surface area contributed by atoms with Crippen LogP contribution in [0.4, 0.5) is 15.3 Å². The molecule has 0 bridgehead atoms. The Labute approximate surface area is 302 Å². The van der Waals surface area contributed by atoms with Crippen LogP contribution < -0.4 is 20.1 Å². The standard InChI is InChI=1S/C41H43N3O8/c1-40(2,3)51-38(46)43-37(44-39(47)52-41(4,5)6)42-30-16-12-13-26(21-30)24-49-33-20-19-27-14-8-10-17-31(27)34(33)35-32-18-11-9-15-28(32)22-29(23-45)36(35)50-25-48-7/h8-23H,24-25H2,1-7H3,(H2,42,43,44,46,47). The van der Waals surface area contributed by atoms with Crippen LogP contribution >= 0.6 is 0 Å². The Bertz CT molecular complexity index is 2100. The molecule has 270 valence electrons. The van der Waals surface area contributed by atoms with Gasteiger partial charge in [0.1, 0.15) is 29.3 Å². The van der Waals surface area contributed by atoms with Crippen LogP contribution in [-0.4, -0.2) is 49.5 Å². The fourth-order valence-corrected chi connectivity index (χ4v) is 5.48. The monoisotopic (exact) mass is 705 g/mol. The van der Waals surface area contributed by atoms with Gasteiger partial charge < -0.3 is 23.7 Å². The summed E-state index contributed by atoms with van der Waals surface area (Å²) in [6.45, 7) is 10.4. The summed E-state index contributed by atoms with van der Waals surface area (Å²) in [4.78, 5) is 42.2. The number of carbonyl (C=O) groups excluding carboxylic acids is 3. The molecule has 52 heavy (non-hydrogen) atoms. The smallest absolute Gasteiger partial charge is 0.414 e. The lowest BCUT2D eigenvalue weighted by Gasteiger charge is -2.22. The number of rotatable bonds is 9. The summed E-state index contributed by atoms with van der Waals surface area (Å²) in [5, 5.41) is 8.62. The molecule has 0 aromatic heterocycles. The number of amides is 2. The first kappa shape index (κ1) is 37.3. The third kappa shape index (κ3) is 9.64. The van der Waals surface area contributed by atoms with E-state index in [1.54, 1.807) is 65.8 Å². The van der Waals surface area contributed by atoms with Crippen LogP contribution in [0.3, 0.4) is 0 Å². The lowest BCUT2D eigenvalue weighted by atomic mass is 9.90. The van der Waals surface area contributed by atoms with Gasteiger partial charge in [0.25, 0.3) is 0 Å². The second-order valence-corrected chi connectivity index (χ2v) is 13.9. The van der Waals surface area contributed by atoms with Gasteiger partial charge >= 0.3 is 12.2 Å². The molecule has 2 N–H and O–H groups in total. The Morgan fingerprint density at radius 1 is 0.712 bits per heavy atom. The molecule has 11 nitrogen and oxygen atoms in total. The molecule has 0 saturated heterocycles. The van der Waals surface area contributed by atoms with Crippen molar-refractivity contribution in [1.82, 2.24) is 10.6 Å². The lowest BCUT2D eigenvalue weighted by molar-refractivity contribution is 0.0509. The van der Waals surface area contributed by atoms with Crippen molar-refractivity contribution < 1.29 is 38.1 Å². The van der Waals surface area contributed by atoms with Crippen LogP contribution in [0.1, 0.15) is 57.5 Å². The third-order valence-corrected chi connectivity index (χ3v) is 7.40. The minimum absolute atomic E-state index is 0.0615. The number of aliphatic imine (C=N–C) groups is 1. The molecule has 0 spiro atoms. The number of ether oxygens (including phenoxy) is 5. The van der Waals surface area contributed by atoms with E-state index >= 15 is 0 Å². The van der Waals surface area contributed by atoms with Crippen molar-refractivity contribution in [1.29, 1.82) is 0 Å². The van der Waals surface area contributed by atoms with Crippen molar-refractivity contribution in [2.24, 2.45) is 4.99 Å². The summed E-state index contributed by atoms with van der Waals surface area (Å²) in [6, 6.07) is 28.6. The van der Waals surface area contributed by atoms with Crippen molar-refractivity contribution in [2.75, 3.05) is 13.9 Å². The number of hydrogen-bond acceptors (Lipinski definition) is 9. The highest BCUT2D eigenvalue weighted by molar-refractivity contribution is 6.12. The van der Waals surface area contributed by atoms with Gasteiger partial charge in [0.15, 0.2) is 13.1 Å². The summed E-state index contributed by atoms with van der Waals surface area (Å²) in [6.07, 6.45) is -0.821. The third-order valence-electron chi connectivity index (χ3n) is 7.40. The Kier molecular flexibility index (Phi) is 11.4. The highest BCUT2D eigenvalue weighted by Crippen LogP contribution is 2.47. The first-order valence-corrected chi connectivity index (χ1v) is 16.7. The molecular weight excluding hydrogens is 662 g/mol. The molecule has 0 fully saturated rings. The Morgan fingerprint density at radius 3 is 1.94 bits per heavy atom. The molecule has 0 unspecified atom stereocenters. The second-order valence-electron chi connectivity index (χ2n) is 13.9. The van der Waals surface area contributed by atoms with E-state index in [0.29, 0.717) is 28.3 Å². The van der Waals surface area contributed by atoms with Crippen molar-refractivity contribution >= 4 is 51.7 Å². The summed E-state index contributed by atoms with van der Waals surface area (Å²) in [5.41, 5.74) is 1.44. The van der Waals surface area contributed by atoms with Crippen molar-refractivity contribution in [3.8, 4) is 22.6 Å². The number of aldehydes is 1. The fraction of sp³-hybridized carbons (Fsp3) is 0.268. The van der Waals surface area contributed by atoms with Crippen molar-refractivity contribution in [3.05, 3.63) is 102 Å². The fourth-order valence-electron chi connectivity index (χ4n) is 5.48. The number of guanidine groups is 1. The molecule has 0 aliphatic heterocycles. The van der Waals surface area contributed by atoms with Gasteiger partial charge in [0, 0.05) is 18.2 Å². The highest BCUT2D eigenvalue weighted by atomic mass is 16.7. The topological polar surface area (TPSA) is 134 Å². The molecule has 0 aliphatic rings. The van der Waals surface area contributed by atoms with Gasteiger partial charge in [-0.1, -0.05) is 66.7 Å². The molecule has 2 amide bonds. The zero-order valence-corrected chi connectivity index (χ0v) is 30.4. The van der Waals surface area contributed by atoms with E-state index < -0.39 is 23.4 Å². The number of benzene rings is 5. The van der Waals surface area contributed by atoms with Gasteiger partial charge in [-0.3, -0.25) is 15.4 Å². The molecular formula is C41H43N3O8. The summed E-state index contributed by atoms with van der Waals surface area (Å²) >= 11 is 0. The summed E-state index contributed by atoms with van der Waals surface area (Å²) in [7, 11) is 1.52. The average molecular weight is 706 g/mol. The number of fused-ring (bicyclic) bond motifs is 2. The van der Waals surface area contributed by atoms with Crippen LogP contribution in [0.2, 0.25) is 0 Å². The Balaban J connectivity index is 1.54. The Hall–Kier alpha value is -5.94. The lowest BCUT2D eigenvalue weighted by Crippen LogP contribution is -2.47. The molecule has 5 aromatic rings. The van der Waals surface area contributed by atoms with E-state index in [1.807, 2.05) is 66.7 Å². The van der Waals surface area contributed by atoms with E-state index in [9.17, 15) is 14.4 Å². The van der Waals surface area contributed by atoms with Crippen LogP contribution in [0, 0.1) is 0 Å². The first-order valence-electron chi connectivity index (χ1n) is 16.7. The zero-order chi connectivity index (χ0) is 37.5. The van der Waals surface area contributed by atoms with Gasteiger partial charge in [-0.05, 0) is 92.9 Å². The molecule has 0 aliphatic carbocycles. The number of methoxy groups -OCH3 is 1. The van der Waals surface area contributed by atoms with Gasteiger partial charge in [-0.15, -0.1) is 0 Å². The number of alkyl carbamates (subject to hydrolysis) is 2. The van der Waals surface area contributed by atoms with Gasteiger partial charge in [-0.2, -0.15) is 0 Å². The number of nitrogens with zero attached hydrogens (tertiary/aromatic N) is 1. The molecule has 0 atom stereocenters. The number of carbonyl (C=O) groups is 3. The van der Waals surface area contributed by atoms with Crippen molar-refractivity contribution in [3.63, 3.8) is 0 Å². The summed E-state index contributed by atoms with van der Waals surface area (Å²) in [5.74, 6) is 0.765. The molecule has 5 rings (SSSR count). The van der Waals surface area contributed by atoms with Crippen LogP contribution in [0.15, 0.2) is 96.0 Å². The molecule has 11 heteroatoms. The van der Waals surface area contributed by atoms with Crippen LogP contribution in [-0.2, 0) is 20.8 Å². The van der Waals surface area contributed by atoms with Gasteiger partial charge in [0.05, 0.1) is 11.3 Å². The van der Waals surface area contributed by atoms with Crippen LogP contribution in [0.25, 0.3) is 32.7 Å². The number of hydrogen-bond donors (Lipinski definition) is 2. The van der Waals surface area contributed by atoms with E-state index in [2.05, 4.69) is 15.6 Å². The highest BCUT2D eigenvalue weighted by Gasteiger charge is 2.24. The maximum atomic E-state index is 12.6. The molecule has 0 radical (unpaired) electrons. The normalized spacial score (nSPS) is 11.4. The molecule has 0 saturated carbocycles. The molecule has 0 heterocycles. The average Bonchev–Trinajstić information content (AvgIpc) is 3.07. The van der Waals surface area contributed by atoms with Crippen LogP contribution in [0.5, 0.6) is 11.5 Å². The second kappa shape index (κ2) is 15.9. The quantitative estimate of drug-likeness (QED) is 0.0672.